The zero-order valence-corrected chi connectivity index (χ0v) is 4.94. The zero-order valence-electron chi connectivity index (χ0n) is 4.94. The normalized spacial score (nSPS) is 10.9. The second kappa shape index (κ2) is 3.31. The standard InChI is InChI=1S/C4H2F4O3/c5-2(9)1-3(10)11-4(6,7)8/h1H2. The first-order valence-corrected chi connectivity index (χ1v) is 2.28. The van der Waals surface area contributed by atoms with Gasteiger partial charge < -0.3 is 4.74 Å². The molecule has 0 spiro atoms. The van der Waals surface area contributed by atoms with Crippen LogP contribution in [0.2, 0.25) is 0 Å². The Morgan fingerprint density at radius 1 is 1.27 bits per heavy atom. The van der Waals surface area contributed by atoms with Gasteiger partial charge in [-0.05, 0) is 0 Å². The van der Waals surface area contributed by atoms with Crippen molar-refractivity contribution in [1.82, 2.24) is 0 Å². The summed E-state index contributed by atoms with van der Waals surface area (Å²) in [5.74, 6) is -1.95. The van der Waals surface area contributed by atoms with Gasteiger partial charge in [0.2, 0.25) is 0 Å². The second-order valence-electron chi connectivity index (χ2n) is 1.45. The fraction of sp³-hybridized carbons (Fsp3) is 0.500. The van der Waals surface area contributed by atoms with E-state index in [1.165, 1.54) is 0 Å². The Labute approximate surface area is 57.9 Å². The average molecular weight is 174 g/mol. The van der Waals surface area contributed by atoms with Crippen LogP contribution in [0.3, 0.4) is 0 Å². The minimum atomic E-state index is -5.16. The lowest BCUT2D eigenvalue weighted by Crippen LogP contribution is -2.20. The molecule has 0 aromatic carbocycles. The Balaban J connectivity index is 3.80. The van der Waals surface area contributed by atoms with E-state index in [-0.39, 0.29) is 0 Å². The van der Waals surface area contributed by atoms with Crippen LogP contribution >= 0.6 is 0 Å². The molecule has 0 heterocycles. The van der Waals surface area contributed by atoms with Crippen molar-refractivity contribution in [3.63, 3.8) is 0 Å². The molecule has 0 radical (unpaired) electrons. The molecule has 0 amide bonds. The van der Waals surface area contributed by atoms with Crippen molar-refractivity contribution in [2.45, 2.75) is 12.8 Å². The predicted molar refractivity (Wildman–Crippen MR) is 22.9 cm³/mol. The molecule has 3 nitrogen and oxygen atoms in total. The molecule has 0 fully saturated rings. The summed E-state index contributed by atoms with van der Waals surface area (Å²) in [4.78, 5) is 19.3. The van der Waals surface area contributed by atoms with Gasteiger partial charge in [-0.25, -0.2) is 0 Å². The average Bonchev–Trinajstić information content (AvgIpc) is 1.53. The number of carbonyl (C=O) groups excluding carboxylic acids is 2. The molecule has 0 rings (SSSR count). The van der Waals surface area contributed by atoms with E-state index in [2.05, 4.69) is 4.74 Å². The Morgan fingerprint density at radius 3 is 2.00 bits per heavy atom. The Bertz CT molecular complexity index is 173. The van der Waals surface area contributed by atoms with Gasteiger partial charge in [0.05, 0.1) is 0 Å². The lowest BCUT2D eigenvalue weighted by molar-refractivity contribution is -0.305. The van der Waals surface area contributed by atoms with Crippen LogP contribution in [-0.4, -0.2) is 18.4 Å². The van der Waals surface area contributed by atoms with Crippen LogP contribution in [0.1, 0.15) is 6.42 Å². The van der Waals surface area contributed by atoms with E-state index in [1.54, 1.807) is 0 Å². The lowest BCUT2D eigenvalue weighted by Gasteiger charge is -2.04. The first-order valence-electron chi connectivity index (χ1n) is 2.28. The summed E-state index contributed by atoms with van der Waals surface area (Å²) >= 11 is 0. The maximum atomic E-state index is 11.2. The minimum absolute atomic E-state index is 1.51. The molecule has 0 aromatic heterocycles. The number of ether oxygens (including phenoxy) is 1. The summed E-state index contributed by atoms with van der Waals surface area (Å²) in [6.45, 7) is 0. The topological polar surface area (TPSA) is 43.4 Å². The number of rotatable bonds is 2. The van der Waals surface area contributed by atoms with Crippen molar-refractivity contribution in [1.29, 1.82) is 0 Å². The summed E-state index contributed by atoms with van der Waals surface area (Å²) in [5, 5.41) is 0. The second-order valence-corrected chi connectivity index (χ2v) is 1.45. The van der Waals surface area contributed by atoms with Crippen LogP contribution in [0.25, 0.3) is 0 Å². The van der Waals surface area contributed by atoms with Gasteiger partial charge >= 0.3 is 18.4 Å². The smallest absolute Gasteiger partial charge is 0.372 e. The van der Waals surface area contributed by atoms with Crippen LogP contribution in [-0.2, 0) is 14.3 Å². The third-order valence-corrected chi connectivity index (χ3v) is 0.513. The number of hydrogen-bond acceptors (Lipinski definition) is 3. The highest BCUT2D eigenvalue weighted by molar-refractivity contribution is 5.90. The molecular formula is C4H2F4O3. The van der Waals surface area contributed by atoms with Gasteiger partial charge in [0.15, 0.2) is 0 Å². The van der Waals surface area contributed by atoms with Crippen LogP contribution in [0.4, 0.5) is 17.6 Å². The van der Waals surface area contributed by atoms with Crippen LogP contribution in [0.15, 0.2) is 0 Å². The number of esters is 1. The van der Waals surface area contributed by atoms with Crippen LogP contribution in [0, 0.1) is 0 Å². The van der Waals surface area contributed by atoms with E-state index in [1.807, 2.05) is 0 Å². The van der Waals surface area contributed by atoms with E-state index in [4.69, 9.17) is 0 Å². The molecule has 0 saturated carbocycles. The van der Waals surface area contributed by atoms with Gasteiger partial charge in [-0.15, -0.1) is 13.2 Å². The SMILES string of the molecule is O=C(F)CC(=O)OC(F)(F)F. The first kappa shape index (κ1) is 9.86. The summed E-state index contributed by atoms with van der Waals surface area (Å²) in [6, 6.07) is -2.17. The summed E-state index contributed by atoms with van der Waals surface area (Å²) in [6.07, 6.45) is -6.67. The van der Waals surface area contributed by atoms with E-state index >= 15 is 0 Å². The maximum Gasteiger partial charge on any atom is 0.575 e. The van der Waals surface area contributed by atoms with Crippen molar-refractivity contribution in [2.24, 2.45) is 0 Å². The third-order valence-electron chi connectivity index (χ3n) is 0.513. The molecule has 7 heteroatoms. The van der Waals surface area contributed by atoms with E-state index < -0.39 is 24.8 Å². The summed E-state index contributed by atoms with van der Waals surface area (Å²) in [7, 11) is 0. The van der Waals surface area contributed by atoms with Crippen molar-refractivity contribution >= 4 is 12.0 Å². The largest absolute Gasteiger partial charge is 0.575 e. The molecule has 0 atom stereocenters. The van der Waals surface area contributed by atoms with E-state index in [0.29, 0.717) is 0 Å². The van der Waals surface area contributed by atoms with Crippen molar-refractivity contribution < 1.29 is 31.9 Å². The molecule has 0 aromatic rings. The highest BCUT2D eigenvalue weighted by atomic mass is 19.4. The molecule has 0 aliphatic heterocycles. The van der Waals surface area contributed by atoms with Gasteiger partial charge in [0.1, 0.15) is 6.42 Å². The third kappa shape index (κ3) is 6.75. The van der Waals surface area contributed by atoms with Gasteiger partial charge in [-0.3, -0.25) is 9.59 Å². The molecule has 0 saturated heterocycles. The van der Waals surface area contributed by atoms with Crippen molar-refractivity contribution in [2.75, 3.05) is 0 Å². The lowest BCUT2D eigenvalue weighted by atomic mass is 10.5. The molecule has 0 unspecified atom stereocenters. The van der Waals surface area contributed by atoms with E-state index in [9.17, 15) is 27.2 Å². The number of hydrogen-bond donors (Lipinski definition) is 0. The Morgan fingerprint density at radius 2 is 1.73 bits per heavy atom. The Kier molecular flexibility index (Phi) is 2.97. The number of carbonyl (C=O) groups is 2. The molecule has 0 N–H and O–H groups in total. The molecule has 11 heavy (non-hydrogen) atoms. The molecular weight excluding hydrogens is 172 g/mol. The van der Waals surface area contributed by atoms with Gasteiger partial charge in [0.25, 0.3) is 0 Å². The van der Waals surface area contributed by atoms with E-state index in [0.717, 1.165) is 0 Å². The van der Waals surface area contributed by atoms with Crippen LogP contribution < -0.4 is 0 Å². The molecule has 64 valence electrons. The maximum absolute atomic E-state index is 11.2. The predicted octanol–water partition coefficient (Wildman–Crippen LogP) is 0.936. The summed E-state index contributed by atoms with van der Waals surface area (Å²) < 4.78 is 47.1. The van der Waals surface area contributed by atoms with Crippen LogP contribution in [0.5, 0.6) is 0 Å². The number of alkyl halides is 3. The zero-order chi connectivity index (χ0) is 9.07. The highest BCUT2D eigenvalue weighted by Gasteiger charge is 2.34. The molecule has 0 bridgehead atoms. The van der Waals surface area contributed by atoms with Crippen molar-refractivity contribution in [3.05, 3.63) is 0 Å². The fourth-order valence-corrected chi connectivity index (χ4v) is 0.279. The molecule has 0 aliphatic rings. The monoisotopic (exact) mass is 174 g/mol. The minimum Gasteiger partial charge on any atom is -0.372 e. The first-order chi connectivity index (χ1) is 4.81. The van der Waals surface area contributed by atoms with Crippen molar-refractivity contribution in [3.8, 4) is 0 Å². The fourth-order valence-electron chi connectivity index (χ4n) is 0.279. The quantitative estimate of drug-likeness (QED) is 0.271. The summed E-state index contributed by atoms with van der Waals surface area (Å²) in [5.41, 5.74) is 0. The molecule has 0 aliphatic carbocycles. The Hall–Kier alpha value is -1.14. The van der Waals surface area contributed by atoms with Gasteiger partial charge in [0, 0.05) is 0 Å². The highest BCUT2D eigenvalue weighted by Crippen LogP contribution is 2.16. The van der Waals surface area contributed by atoms with Gasteiger partial charge in [-0.2, -0.15) is 4.39 Å². The number of halogens is 4. The van der Waals surface area contributed by atoms with Gasteiger partial charge in [-0.1, -0.05) is 0 Å².